The van der Waals surface area contributed by atoms with Crippen molar-refractivity contribution < 1.29 is 23.7 Å². The third-order valence-corrected chi connectivity index (χ3v) is 4.77. The summed E-state index contributed by atoms with van der Waals surface area (Å²) in [5, 5.41) is 0. The average Bonchev–Trinajstić information content (AvgIpc) is 2.56. The summed E-state index contributed by atoms with van der Waals surface area (Å²) in [6, 6.07) is 5.73. The number of rotatable bonds is 9. The minimum absolute atomic E-state index is 0.0116. The molecule has 1 rings (SSSR count). The second-order valence-electron chi connectivity index (χ2n) is 11.5. The van der Waals surface area contributed by atoms with Crippen LogP contribution in [0, 0.1) is 10.8 Å². The van der Waals surface area contributed by atoms with Crippen LogP contribution in [-0.4, -0.2) is 38.2 Å². The van der Waals surface area contributed by atoms with Crippen molar-refractivity contribution in [3.05, 3.63) is 29.3 Å². The van der Waals surface area contributed by atoms with Gasteiger partial charge in [0.1, 0.15) is 11.4 Å². The smallest absolute Gasteiger partial charge is 0.338 e. The van der Waals surface area contributed by atoms with Crippen LogP contribution in [0.5, 0.6) is 5.75 Å². The Bertz CT molecular complexity index is 704. The molecule has 0 aliphatic rings. The lowest BCUT2D eigenvalue weighted by Gasteiger charge is -2.36. The molecule has 0 radical (unpaired) electrons. The molecule has 5 nitrogen and oxygen atoms in total. The topological polar surface area (TPSA) is 54.0 Å². The lowest BCUT2D eigenvalue weighted by atomic mass is 9.69. The Kier molecular flexibility index (Phi) is 9.58. The summed E-state index contributed by atoms with van der Waals surface area (Å²) in [6.45, 7) is 21.8. The fraction of sp³-hybridized carbons (Fsp3) is 0.731. The van der Waals surface area contributed by atoms with Crippen molar-refractivity contribution in [3.63, 3.8) is 0 Å². The molecular weight excluding hydrogens is 392 g/mol. The van der Waals surface area contributed by atoms with Gasteiger partial charge in [-0.15, -0.1) is 0 Å². The van der Waals surface area contributed by atoms with E-state index in [1.54, 1.807) is 13.2 Å². The van der Waals surface area contributed by atoms with Gasteiger partial charge in [0.05, 0.1) is 18.8 Å². The first kappa shape index (κ1) is 27.4. The highest BCUT2D eigenvalue weighted by atomic mass is 16.7. The maximum Gasteiger partial charge on any atom is 0.338 e. The van der Waals surface area contributed by atoms with Gasteiger partial charge in [0.25, 0.3) is 0 Å². The SMILES string of the molecule is COCCOC(C)Oc1cc(C(=O)OC(C)(C)C)cc(C(CC(C)(C)C)C(C)(C)C)c1. The van der Waals surface area contributed by atoms with E-state index < -0.39 is 11.9 Å². The molecule has 0 bridgehead atoms. The highest BCUT2D eigenvalue weighted by Crippen LogP contribution is 2.44. The molecule has 31 heavy (non-hydrogen) atoms. The highest BCUT2D eigenvalue weighted by Gasteiger charge is 2.32. The van der Waals surface area contributed by atoms with E-state index in [2.05, 4.69) is 41.5 Å². The minimum atomic E-state index is -0.570. The standard InChI is InChI=1S/C26H44O5/c1-18(29-13-12-28-11)30-21-15-19(22(25(5,6)7)17-24(2,3)4)14-20(16-21)23(27)31-26(8,9)10/h14-16,18,22H,12-13,17H2,1-11H3. The van der Waals surface area contributed by atoms with Crippen LogP contribution >= 0.6 is 0 Å². The predicted octanol–water partition coefficient (Wildman–Crippen LogP) is 6.60. The second kappa shape index (κ2) is 10.8. The van der Waals surface area contributed by atoms with E-state index in [0.29, 0.717) is 24.5 Å². The molecular formula is C26H44O5. The van der Waals surface area contributed by atoms with Gasteiger partial charge in [-0.1, -0.05) is 41.5 Å². The van der Waals surface area contributed by atoms with E-state index in [1.807, 2.05) is 39.8 Å². The van der Waals surface area contributed by atoms with Crippen molar-refractivity contribution in [2.45, 2.75) is 93.5 Å². The van der Waals surface area contributed by atoms with Gasteiger partial charge in [-0.2, -0.15) is 0 Å². The van der Waals surface area contributed by atoms with Gasteiger partial charge < -0.3 is 18.9 Å². The fourth-order valence-corrected chi connectivity index (χ4v) is 3.41. The molecule has 5 heteroatoms. The van der Waals surface area contributed by atoms with Gasteiger partial charge in [-0.25, -0.2) is 4.79 Å². The number of hydrogen-bond acceptors (Lipinski definition) is 5. The zero-order valence-electron chi connectivity index (χ0n) is 21.5. The summed E-state index contributed by atoms with van der Waals surface area (Å²) in [5.41, 5.74) is 1.15. The van der Waals surface area contributed by atoms with Crippen molar-refractivity contribution >= 4 is 5.97 Å². The Morgan fingerprint density at radius 1 is 0.935 bits per heavy atom. The van der Waals surface area contributed by atoms with Crippen LogP contribution in [0.2, 0.25) is 0 Å². The molecule has 0 saturated carbocycles. The Labute approximate surface area is 189 Å². The molecule has 0 heterocycles. The van der Waals surface area contributed by atoms with E-state index in [1.165, 1.54) is 0 Å². The average molecular weight is 437 g/mol. The Morgan fingerprint density at radius 2 is 1.55 bits per heavy atom. The third-order valence-electron chi connectivity index (χ3n) is 4.77. The molecule has 1 aromatic carbocycles. The number of benzene rings is 1. The number of ether oxygens (including phenoxy) is 4. The zero-order chi connectivity index (χ0) is 24.0. The summed E-state index contributed by atoms with van der Waals surface area (Å²) in [6.07, 6.45) is 0.515. The highest BCUT2D eigenvalue weighted by molar-refractivity contribution is 5.90. The van der Waals surface area contributed by atoms with Crippen molar-refractivity contribution in [2.24, 2.45) is 10.8 Å². The lowest BCUT2D eigenvalue weighted by Crippen LogP contribution is -2.26. The number of hydrogen-bond donors (Lipinski definition) is 0. The maximum absolute atomic E-state index is 12.9. The summed E-state index contributed by atoms with van der Waals surface area (Å²) < 4.78 is 22.4. The van der Waals surface area contributed by atoms with Crippen LogP contribution in [0.4, 0.5) is 0 Å². The summed E-state index contributed by atoms with van der Waals surface area (Å²) >= 11 is 0. The van der Waals surface area contributed by atoms with Gasteiger partial charge in [0.15, 0.2) is 6.29 Å². The number of carbonyl (C=O) groups is 1. The van der Waals surface area contributed by atoms with Crippen LogP contribution < -0.4 is 4.74 Å². The fourth-order valence-electron chi connectivity index (χ4n) is 3.41. The molecule has 0 fully saturated rings. The molecule has 0 aromatic heterocycles. The van der Waals surface area contributed by atoms with E-state index in [-0.39, 0.29) is 22.7 Å². The first-order valence-electron chi connectivity index (χ1n) is 11.2. The maximum atomic E-state index is 12.9. The van der Waals surface area contributed by atoms with Crippen molar-refractivity contribution in [1.82, 2.24) is 0 Å². The molecule has 2 atom stereocenters. The van der Waals surface area contributed by atoms with Crippen LogP contribution in [0.1, 0.15) is 97.5 Å². The zero-order valence-corrected chi connectivity index (χ0v) is 21.5. The first-order chi connectivity index (χ1) is 14.0. The molecule has 2 unspecified atom stereocenters. The monoisotopic (exact) mass is 436 g/mol. The predicted molar refractivity (Wildman–Crippen MR) is 126 cm³/mol. The lowest BCUT2D eigenvalue weighted by molar-refractivity contribution is -0.0797. The molecule has 0 aliphatic heterocycles. The van der Waals surface area contributed by atoms with Crippen molar-refractivity contribution in [2.75, 3.05) is 20.3 Å². The molecule has 0 N–H and O–H groups in total. The van der Waals surface area contributed by atoms with Crippen molar-refractivity contribution in [3.8, 4) is 5.75 Å². The van der Waals surface area contributed by atoms with Gasteiger partial charge in [0, 0.05) is 7.11 Å². The number of esters is 1. The van der Waals surface area contributed by atoms with E-state index in [9.17, 15) is 4.79 Å². The first-order valence-corrected chi connectivity index (χ1v) is 11.2. The molecule has 0 spiro atoms. The minimum Gasteiger partial charge on any atom is -0.465 e. The van der Waals surface area contributed by atoms with Crippen LogP contribution in [0.15, 0.2) is 18.2 Å². The number of carbonyl (C=O) groups excluding carboxylic acids is 1. The molecule has 0 amide bonds. The van der Waals surface area contributed by atoms with Gasteiger partial charge in [-0.3, -0.25) is 0 Å². The molecule has 0 saturated heterocycles. The normalized spacial score (nSPS) is 14.8. The third kappa shape index (κ3) is 10.5. The van der Waals surface area contributed by atoms with E-state index in [0.717, 1.165) is 12.0 Å². The molecule has 178 valence electrons. The quantitative estimate of drug-likeness (QED) is 0.248. The van der Waals surface area contributed by atoms with Gasteiger partial charge in [0.2, 0.25) is 0 Å². The summed E-state index contributed by atoms with van der Waals surface area (Å²) in [4.78, 5) is 12.9. The molecule has 1 aromatic rings. The Hall–Kier alpha value is -1.59. The van der Waals surface area contributed by atoms with Crippen molar-refractivity contribution in [1.29, 1.82) is 0 Å². The Balaban J connectivity index is 3.37. The van der Waals surface area contributed by atoms with Gasteiger partial charge in [-0.05, 0) is 74.6 Å². The van der Waals surface area contributed by atoms with E-state index >= 15 is 0 Å². The number of methoxy groups -OCH3 is 1. The largest absolute Gasteiger partial charge is 0.465 e. The van der Waals surface area contributed by atoms with Crippen LogP contribution in [0.25, 0.3) is 0 Å². The van der Waals surface area contributed by atoms with E-state index in [4.69, 9.17) is 18.9 Å². The van der Waals surface area contributed by atoms with Crippen LogP contribution in [0.3, 0.4) is 0 Å². The van der Waals surface area contributed by atoms with Crippen LogP contribution in [-0.2, 0) is 14.2 Å². The van der Waals surface area contributed by atoms with Gasteiger partial charge >= 0.3 is 5.97 Å². The molecule has 0 aliphatic carbocycles. The Morgan fingerprint density at radius 3 is 2.03 bits per heavy atom. The summed E-state index contributed by atoms with van der Waals surface area (Å²) in [5.74, 6) is 0.490. The second-order valence-corrected chi connectivity index (χ2v) is 11.5. The summed E-state index contributed by atoms with van der Waals surface area (Å²) in [7, 11) is 1.63.